The highest BCUT2D eigenvalue weighted by molar-refractivity contribution is 7.89. The maximum absolute atomic E-state index is 13.0. The molecule has 0 aliphatic rings. The summed E-state index contributed by atoms with van der Waals surface area (Å²) in [5, 5.41) is 5.18. The molecule has 1 atom stereocenters. The van der Waals surface area contributed by atoms with Crippen molar-refractivity contribution in [3.05, 3.63) is 59.7 Å². The van der Waals surface area contributed by atoms with E-state index in [1.165, 1.54) is 12.1 Å². The summed E-state index contributed by atoms with van der Waals surface area (Å²) in [4.78, 5) is 22.5. The summed E-state index contributed by atoms with van der Waals surface area (Å²) in [5.41, 5.74) is 9.77. The van der Waals surface area contributed by atoms with Crippen LogP contribution in [0, 0.1) is 5.92 Å². The fourth-order valence-corrected chi connectivity index (χ4v) is 4.15. The number of nitrogens with zero attached hydrogens (tertiary/aromatic N) is 3. The Morgan fingerprint density at radius 3 is 2.35 bits per heavy atom. The first-order valence-electron chi connectivity index (χ1n) is 11.0. The van der Waals surface area contributed by atoms with E-state index in [9.17, 15) is 13.2 Å². The van der Waals surface area contributed by atoms with Crippen LogP contribution in [0.5, 0.6) is 0 Å². The first-order chi connectivity index (χ1) is 16.2. The number of sulfonamides is 1. The van der Waals surface area contributed by atoms with Gasteiger partial charge in [-0.3, -0.25) is 0 Å². The molecule has 0 saturated carbocycles. The zero-order valence-electron chi connectivity index (χ0n) is 19.1. The Morgan fingerprint density at radius 1 is 1.09 bits per heavy atom. The molecule has 4 rings (SSSR count). The Labute approximate surface area is 197 Å². The molecular formula is C24H27N5O4S. The van der Waals surface area contributed by atoms with Crippen molar-refractivity contribution in [2.75, 3.05) is 12.3 Å². The normalized spacial score (nSPS) is 12.8. The molecular weight excluding hydrogens is 454 g/mol. The molecule has 34 heavy (non-hydrogen) atoms. The van der Waals surface area contributed by atoms with E-state index in [4.69, 9.17) is 20.6 Å². The highest BCUT2D eigenvalue weighted by Crippen LogP contribution is 2.29. The third-order valence-corrected chi connectivity index (χ3v) is 6.80. The number of esters is 1. The highest BCUT2D eigenvalue weighted by Gasteiger charge is 2.25. The van der Waals surface area contributed by atoms with Crippen LogP contribution in [-0.4, -0.2) is 35.5 Å². The van der Waals surface area contributed by atoms with Gasteiger partial charge in [0, 0.05) is 6.54 Å². The number of hydrogen-bond acceptors (Lipinski definition) is 7. The Morgan fingerprint density at radius 2 is 1.74 bits per heavy atom. The number of fused-ring (bicyclic) bond motifs is 2. The van der Waals surface area contributed by atoms with Crippen LogP contribution >= 0.6 is 0 Å². The first kappa shape index (κ1) is 23.7. The quantitative estimate of drug-likeness (QED) is 0.368. The molecule has 10 heteroatoms. The lowest BCUT2D eigenvalue weighted by atomic mass is 10.1. The predicted octanol–water partition coefficient (Wildman–Crippen LogP) is 3.26. The van der Waals surface area contributed by atoms with E-state index in [0.29, 0.717) is 41.8 Å². The molecule has 0 aliphatic heterocycles. The van der Waals surface area contributed by atoms with Gasteiger partial charge in [0.1, 0.15) is 16.9 Å². The van der Waals surface area contributed by atoms with E-state index >= 15 is 0 Å². The first-order valence-corrected chi connectivity index (χ1v) is 12.6. The van der Waals surface area contributed by atoms with E-state index in [2.05, 4.69) is 4.98 Å². The SMILES string of the molecule is CC[C@@H](C)COC(=O)c1c(N)n(CCc2ccc(S(N)(=O)=O)cc2)c2nc3ccccc3nc12. The molecule has 0 saturated heterocycles. The summed E-state index contributed by atoms with van der Waals surface area (Å²) in [6, 6.07) is 13.7. The van der Waals surface area contributed by atoms with Gasteiger partial charge in [-0.25, -0.2) is 28.3 Å². The third kappa shape index (κ3) is 4.73. The number of anilines is 1. The van der Waals surface area contributed by atoms with Crippen molar-refractivity contribution in [3.63, 3.8) is 0 Å². The zero-order valence-corrected chi connectivity index (χ0v) is 19.9. The molecule has 2 aromatic carbocycles. The zero-order chi connectivity index (χ0) is 24.5. The van der Waals surface area contributed by atoms with Gasteiger partial charge in [-0.2, -0.15) is 0 Å². The highest BCUT2D eigenvalue weighted by atomic mass is 32.2. The number of aryl methyl sites for hydroxylation is 2. The average molecular weight is 482 g/mol. The molecule has 178 valence electrons. The molecule has 0 unspecified atom stereocenters. The van der Waals surface area contributed by atoms with Crippen molar-refractivity contribution in [1.29, 1.82) is 0 Å². The number of rotatable bonds is 8. The molecule has 9 nitrogen and oxygen atoms in total. The van der Waals surface area contributed by atoms with E-state index in [1.54, 1.807) is 16.7 Å². The van der Waals surface area contributed by atoms with E-state index in [0.717, 1.165) is 12.0 Å². The topological polar surface area (TPSA) is 143 Å². The van der Waals surface area contributed by atoms with Crippen LogP contribution in [0.4, 0.5) is 5.82 Å². The lowest BCUT2D eigenvalue weighted by Crippen LogP contribution is -2.14. The summed E-state index contributed by atoms with van der Waals surface area (Å²) in [5.74, 6) is -0.0602. The molecule has 0 fully saturated rings. The number of carbonyl (C=O) groups excluding carboxylic acids is 1. The van der Waals surface area contributed by atoms with Crippen molar-refractivity contribution in [2.45, 2.75) is 38.1 Å². The third-order valence-electron chi connectivity index (χ3n) is 5.87. The molecule has 2 aromatic heterocycles. The molecule has 0 bridgehead atoms. The molecule has 2 heterocycles. The van der Waals surface area contributed by atoms with Crippen molar-refractivity contribution in [1.82, 2.24) is 14.5 Å². The van der Waals surface area contributed by atoms with Crippen LogP contribution in [-0.2, 0) is 27.7 Å². The van der Waals surface area contributed by atoms with Crippen LogP contribution in [0.2, 0.25) is 0 Å². The van der Waals surface area contributed by atoms with E-state index < -0.39 is 16.0 Å². The van der Waals surface area contributed by atoms with Crippen LogP contribution in [0.25, 0.3) is 22.2 Å². The number of ether oxygens (including phenoxy) is 1. The van der Waals surface area contributed by atoms with Gasteiger partial charge in [-0.15, -0.1) is 0 Å². The summed E-state index contributed by atoms with van der Waals surface area (Å²) in [7, 11) is -3.76. The van der Waals surface area contributed by atoms with Gasteiger partial charge in [-0.1, -0.05) is 44.5 Å². The fourth-order valence-electron chi connectivity index (χ4n) is 3.64. The average Bonchev–Trinajstić information content (AvgIpc) is 3.09. The fraction of sp³-hybridized carbons (Fsp3) is 0.292. The Bertz CT molecular complexity index is 1460. The van der Waals surface area contributed by atoms with Crippen LogP contribution in [0.1, 0.15) is 36.2 Å². The molecule has 4 aromatic rings. The van der Waals surface area contributed by atoms with Crippen molar-refractivity contribution < 1.29 is 17.9 Å². The summed E-state index contributed by atoms with van der Waals surface area (Å²) in [6.45, 7) is 4.74. The van der Waals surface area contributed by atoms with Crippen molar-refractivity contribution in [3.8, 4) is 0 Å². The standard InChI is InChI=1S/C24H27N5O4S/c1-3-15(2)14-33-24(30)20-21-23(28-19-7-5-4-6-18(19)27-21)29(22(20)25)13-12-16-8-10-17(11-9-16)34(26,31)32/h4-11,15H,3,12-14,25H2,1-2H3,(H2,26,31,32)/t15-/m1/s1. The second-order valence-corrected chi connectivity index (χ2v) is 9.91. The van der Waals surface area contributed by atoms with Gasteiger partial charge < -0.3 is 15.0 Å². The van der Waals surface area contributed by atoms with Gasteiger partial charge in [0.25, 0.3) is 0 Å². The number of nitrogen functional groups attached to an aromatic ring is 1. The van der Waals surface area contributed by atoms with Crippen molar-refractivity contribution >= 4 is 44.0 Å². The van der Waals surface area contributed by atoms with E-state index in [-0.39, 0.29) is 22.2 Å². The number of benzene rings is 2. The number of primary sulfonamides is 1. The van der Waals surface area contributed by atoms with Crippen LogP contribution in [0.3, 0.4) is 0 Å². The minimum absolute atomic E-state index is 0.0471. The maximum atomic E-state index is 13.0. The number of para-hydroxylation sites is 2. The number of aromatic nitrogens is 3. The van der Waals surface area contributed by atoms with Crippen molar-refractivity contribution in [2.24, 2.45) is 11.1 Å². The molecule has 0 amide bonds. The molecule has 0 aliphatic carbocycles. The summed E-state index contributed by atoms with van der Waals surface area (Å²) >= 11 is 0. The Kier molecular flexibility index (Phi) is 6.54. The number of hydrogen-bond donors (Lipinski definition) is 2. The Balaban J connectivity index is 1.72. The van der Waals surface area contributed by atoms with Gasteiger partial charge >= 0.3 is 5.97 Å². The Hall–Kier alpha value is -3.50. The lowest BCUT2D eigenvalue weighted by Gasteiger charge is -2.10. The summed E-state index contributed by atoms with van der Waals surface area (Å²) in [6.07, 6.45) is 1.41. The minimum Gasteiger partial charge on any atom is -0.462 e. The monoisotopic (exact) mass is 481 g/mol. The molecule has 0 spiro atoms. The van der Waals surface area contributed by atoms with Crippen LogP contribution in [0.15, 0.2) is 53.4 Å². The van der Waals surface area contributed by atoms with Gasteiger partial charge in [0.15, 0.2) is 5.65 Å². The maximum Gasteiger partial charge on any atom is 0.344 e. The molecule has 4 N–H and O–H groups in total. The van der Waals surface area contributed by atoms with Gasteiger partial charge in [-0.05, 0) is 42.2 Å². The van der Waals surface area contributed by atoms with Gasteiger partial charge in [0.05, 0.1) is 22.5 Å². The molecule has 0 radical (unpaired) electrons. The second-order valence-electron chi connectivity index (χ2n) is 8.35. The largest absolute Gasteiger partial charge is 0.462 e. The van der Waals surface area contributed by atoms with Gasteiger partial charge in [0.2, 0.25) is 10.0 Å². The van der Waals surface area contributed by atoms with Crippen LogP contribution < -0.4 is 10.9 Å². The smallest absolute Gasteiger partial charge is 0.344 e. The summed E-state index contributed by atoms with van der Waals surface area (Å²) < 4.78 is 30.3. The lowest BCUT2D eigenvalue weighted by molar-refractivity contribution is 0.0450. The number of carbonyl (C=O) groups is 1. The minimum atomic E-state index is -3.76. The number of nitrogens with two attached hydrogens (primary N) is 2. The second kappa shape index (κ2) is 9.40. The van der Waals surface area contributed by atoms with E-state index in [1.807, 2.05) is 38.1 Å². The predicted molar refractivity (Wildman–Crippen MR) is 131 cm³/mol.